The third-order valence-electron chi connectivity index (χ3n) is 7.13. The lowest BCUT2D eigenvalue weighted by atomic mass is 10.1. The van der Waals surface area contributed by atoms with Crippen LogP contribution in [0.25, 0.3) is 16.7 Å². The van der Waals surface area contributed by atoms with E-state index in [-0.39, 0.29) is 11.7 Å². The molecular formula is C28H33FN6O2S. The summed E-state index contributed by atoms with van der Waals surface area (Å²) >= 11 is 0. The number of sulfonamides is 1. The molecule has 2 aromatic heterocycles. The summed E-state index contributed by atoms with van der Waals surface area (Å²) < 4.78 is 43.4. The Kier molecular flexibility index (Phi) is 7.19. The van der Waals surface area contributed by atoms with Gasteiger partial charge in [0.1, 0.15) is 17.5 Å². The molecule has 0 spiro atoms. The van der Waals surface area contributed by atoms with Crippen LogP contribution in [0.5, 0.6) is 0 Å². The molecule has 1 saturated heterocycles. The number of halogens is 1. The van der Waals surface area contributed by atoms with Gasteiger partial charge >= 0.3 is 0 Å². The van der Waals surface area contributed by atoms with Crippen molar-refractivity contribution in [3.8, 4) is 5.69 Å². The number of aryl methyl sites for hydroxylation is 2. The highest BCUT2D eigenvalue weighted by molar-refractivity contribution is 7.89. The fourth-order valence-electron chi connectivity index (χ4n) is 4.95. The van der Waals surface area contributed by atoms with Gasteiger partial charge in [0.2, 0.25) is 10.0 Å². The van der Waals surface area contributed by atoms with Crippen molar-refractivity contribution in [2.24, 2.45) is 0 Å². The lowest BCUT2D eigenvalue weighted by Crippen LogP contribution is -2.49. The SMILES string of the molecule is CCC[C@H](C)c1nc(N2CCN(S(=O)(=O)c3ccc(C)cc3)CC2)c2c(C)nn(-c3ccc(F)cc3)c2n1. The highest BCUT2D eigenvalue weighted by Gasteiger charge is 2.31. The smallest absolute Gasteiger partial charge is 0.243 e. The second-order valence-corrected chi connectivity index (χ2v) is 11.9. The van der Waals surface area contributed by atoms with E-state index in [0.717, 1.165) is 46.8 Å². The molecule has 2 aromatic carbocycles. The van der Waals surface area contributed by atoms with Crippen LogP contribution in [0.15, 0.2) is 53.4 Å². The second kappa shape index (κ2) is 10.4. The summed E-state index contributed by atoms with van der Waals surface area (Å²) in [6, 6.07) is 13.2. The third kappa shape index (κ3) is 4.90. The molecule has 0 unspecified atom stereocenters. The first-order valence-corrected chi connectivity index (χ1v) is 14.5. The molecule has 1 atom stereocenters. The van der Waals surface area contributed by atoms with Gasteiger partial charge < -0.3 is 4.90 Å². The number of hydrogen-bond donors (Lipinski definition) is 0. The minimum Gasteiger partial charge on any atom is -0.353 e. The maximum Gasteiger partial charge on any atom is 0.243 e. The van der Waals surface area contributed by atoms with Crippen molar-refractivity contribution in [2.75, 3.05) is 31.1 Å². The number of fused-ring (bicyclic) bond motifs is 1. The molecule has 1 aliphatic heterocycles. The first-order valence-electron chi connectivity index (χ1n) is 13.0. The normalized spacial score (nSPS) is 15.8. The Bertz CT molecular complexity index is 1540. The Labute approximate surface area is 223 Å². The van der Waals surface area contributed by atoms with Crippen LogP contribution >= 0.6 is 0 Å². The minimum atomic E-state index is -3.57. The van der Waals surface area contributed by atoms with Gasteiger partial charge in [0.25, 0.3) is 0 Å². The first kappa shape index (κ1) is 26.2. The Balaban J connectivity index is 1.51. The fourth-order valence-corrected chi connectivity index (χ4v) is 6.37. The van der Waals surface area contributed by atoms with Crippen molar-refractivity contribution in [3.63, 3.8) is 0 Å². The van der Waals surface area contributed by atoms with Gasteiger partial charge in [0, 0.05) is 32.1 Å². The number of anilines is 1. The Morgan fingerprint density at radius 2 is 1.61 bits per heavy atom. The Hall–Kier alpha value is -3.37. The number of aromatic nitrogens is 4. The molecule has 3 heterocycles. The van der Waals surface area contributed by atoms with Gasteiger partial charge in [-0.05, 0) is 56.7 Å². The number of benzene rings is 2. The van der Waals surface area contributed by atoms with Gasteiger partial charge in [-0.25, -0.2) is 27.5 Å². The summed E-state index contributed by atoms with van der Waals surface area (Å²) in [7, 11) is -3.57. The Morgan fingerprint density at radius 1 is 0.947 bits per heavy atom. The fraction of sp³-hybridized carbons (Fsp3) is 0.393. The highest BCUT2D eigenvalue weighted by atomic mass is 32.2. The van der Waals surface area contributed by atoms with Crippen LogP contribution in [0.4, 0.5) is 10.2 Å². The monoisotopic (exact) mass is 536 g/mol. The van der Waals surface area contributed by atoms with Crippen molar-refractivity contribution in [1.82, 2.24) is 24.1 Å². The molecule has 4 aromatic rings. The molecule has 8 nitrogen and oxygen atoms in total. The van der Waals surface area contributed by atoms with Gasteiger partial charge in [0.05, 0.1) is 21.7 Å². The molecule has 0 bridgehead atoms. The van der Waals surface area contributed by atoms with Crippen LogP contribution in [-0.4, -0.2) is 58.7 Å². The summed E-state index contributed by atoms with van der Waals surface area (Å²) in [6.07, 6.45) is 1.95. The molecule has 10 heteroatoms. The molecule has 1 aliphatic rings. The zero-order valence-corrected chi connectivity index (χ0v) is 23.0. The zero-order valence-electron chi connectivity index (χ0n) is 22.2. The van der Waals surface area contributed by atoms with Crippen molar-refractivity contribution < 1.29 is 12.8 Å². The molecule has 0 N–H and O–H groups in total. The summed E-state index contributed by atoms with van der Waals surface area (Å²) in [6.45, 7) is 9.82. The van der Waals surface area contributed by atoms with Crippen LogP contribution in [0.3, 0.4) is 0 Å². The third-order valence-corrected chi connectivity index (χ3v) is 9.04. The number of piperazine rings is 1. The van der Waals surface area contributed by atoms with E-state index in [4.69, 9.17) is 15.1 Å². The molecule has 5 rings (SSSR count). The van der Waals surface area contributed by atoms with Crippen molar-refractivity contribution in [3.05, 3.63) is 71.4 Å². The van der Waals surface area contributed by atoms with E-state index in [1.165, 1.54) is 12.1 Å². The van der Waals surface area contributed by atoms with Crippen LogP contribution in [0, 0.1) is 19.7 Å². The van der Waals surface area contributed by atoms with Crippen LogP contribution in [0.1, 0.15) is 49.7 Å². The highest BCUT2D eigenvalue weighted by Crippen LogP contribution is 2.32. The van der Waals surface area contributed by atoms with Gasteiger partial charge in [-0.2, -0.15) is 9.40 Å². The van der Waals surface area contributed by atoms with Gasteiger partial charge in [-0.15, -0.1) is 0 Å². The van der Waals surface area contributed by atoms with E-state index in [1.807, 2.05) is 26.0 Å². The molecule has 0 radical (unpaired) electrons. The predicted molar refractivity (Wildman–Crippen MR) is 147 cm³/mol. The van der Waals surface area contributed by atoms with Crippen molar-refractivity contribution in [1.29, 1.82) is 0 Å². The summed E-state index contributed by atoms with van der Waals surface area (Å²) in [5.41, 5.74) is 3.18. The average molecular weight is 537 g/mol. The van der Waals surface area contributed by atoms with E-state index in [2.05, 4.69) is 18.7 Å². The predicted octanol–water partition coefficient (Wildman–Crippen LogP) is 4.99. The zero-order chi connectivity index (χ0) is 27.0. The molecular weight excluding hydrogens is 503 g/mol. The van der Waals surface area contributed by atoms with Gasteiger partial charge in [-0.3, -0.25) is 0 Å². The van der Waals surface area contributed by atoms with E-state index < -0.39 is 10.0 Å². The largest absolute Gasteiger partial charge is 0.353 e. The molecule has 0 amide bonds. The Morgan fingerprint density at radius 3 is 2.24 bits per heavy atom. The standard InChI is InChI=1S/C28H33FN6O2S/c1-5-6-20(3)26-30-27(25-21(4)32-35(28(25)31-26)23-11-9-22(29)10-12-23)33-15-17-34(18-16-33)38(36,37)24-13-7-19(2)8-14-24/h7-14,20H,5-6,15-18H2,1-4H3/t20-/m0/s1. The average Bonchev–Trinajstić information content (AvgIpc) is 3.25. The van der Waals surface area contributed by atoms with E-state index in [0.29, 0.717) is 36.7 Å². The number of hydrogen-bond acceptors (Lipinski definition) is 6. The summed E-state index contributed by atoms with van der Waals surface area (Å²) in [4.78, 5) is 12.4. The van der Waals surface area contributed by atoms with Crippen molar-refractivity contribution in [2.45, 2.75) is 51.3 Å². The number of rotatable bonds is 7. The first-order chi connectivity index (χ1) is 18.2. The molecule has 0 aliphatic carbocycles. The lowest BCUT2D eigenvalue weighted by Gasteiger charge is -2.35. The van der Waals surface area contributed by atoms with Crippen LogP contribution < -0.4 is 4.90 Å². The molecule has 200 valence electrons. The summed E-state index contributed by atoms with van der Waals surface area (Å²) in [5, 5.41) is 5.58. The van der Waals surface area contributed by atoms with E-state index in [9.17, 15) is 12.8 Å². The second-order valence-electron chi connectivity index (χ2n) is 9.97. The van der Waals surface area contributed by atoms with E-state index in [1.54, 1.807) is 33.3 Å². The lowest BCUT2D eigenvalue weighted by molar-refractivity contribution is 0.384. The molecule has 0 saturated carbocycles. The molecule has 38 heavy (non-hydrogen) atoms. The summed E-state index contributed by atoms with van der Waals surface area (Å²) in [5.74, 6) is 1.33. The van der Waals surface area contributed by atoms with Gasteiger partial charge in [-0.1, -0.05) is 38.0 Å². The molecule has 1 fully saturated rings. The number of nitrogens with zero attached hydrogens (tertiary/aromatic N) is 6. The minimum absolute atomic E-state index is 0.142. The van der Waals surface area contributed by atoms with Crippen LogP contribution in [-0.2, 0) is 10.0 Å². The maximum atomic E-state index is 13.6. The maximum absolute atomic E-state index is 13.6. The van der Waals surface area contributed by atoms with Gasteiger partial charge in [0.15, 0.2) is 5.65 Å². The topological polar surface area (TPSA) is 84.2 Å². The van der Waals surface area contributed by atoms with E-state index >= 15 is 0 Å². The van der Waals surface area contributed by atoms with Crippen molar-refractivity contribution >= 4 is 26.9 Å². The quantitative estimate of drug-likeness (QED) is 0.331. The van der Waals surface area contributed by atoms with Crippen LogP contribution in [0.2, 0.25) is 0 Å².